The van der Waals surface area contributed by atoms with Gasteiger partial charge in [0.25, 0.3) is 5.56 Å². The molecule has 32 heavy (non-hydrogen) atoms. The topological polar surface area (TPSA) is 77.7 Å². The molecule has 0 saturated carbocycles. The minimum atomic E-state index is -0.273. The van der Waals surface area contributed by atoms with Gasteiger partial charge >= 0.3 is 6.03 Å². The van der Waals surface area contributed by atoms with Gasteiger partial charge in [0.05, 0.1) is 24.9 Å². The number of ether oxygens (including phenoxy) is 1. The van der Waals surface area contributed by atoms with E-state index in [1.54, 1.807) is 24.1 Å². The molecule has 0 fully saturated rings. The molecule has 0 aliphatic carbocycles. The Morgan fingerprint density at radius 1 is 1.06 bits per heavy atom. The van der Waals surface area contributed by atoms with E-state index in [2.05, 4.69) is 29.0 Å². The van der Waals surface area contributed by atoms with Gasteiger partial charge in [-0.15, -0.1) is 0 Å². The molecule has 170 valence electrons. The first kappa shape index (κ1) is 23.3. The fourth-order valence-electron chi connectivity index (χ4n) is 3.75. The number of para-hydroxylation sites is 3. The molecule has 0 aliphatic rings. The molecule has 0 spiro atoms. The SMILES string of the molecule is CCN(CC)CCN(Cc1cc2cccc(C)c2[nH]c1=O)C(=O)Nc1ccccc1OC. The number of benzene rings is 2. The Labute approximate surface area is 189 Å². The maximum absolute atomic E-state index is 13.2. The van der Waals surface area contributed by atoms with Gasteiger partial charge in [-0.2, -0.15) is 0 Å². The van der Waals surface area contributed by atoms with Gasteiger partial charge in [-0.05, 0) is 49.2 Å². The number of likely N-dealkylation sites (N-methyl/N-ethyl adjacent to an activating group) is 1. The number of anilines is 1. The van der Waals surface area contributed by atoms with Crippen molar-refractivity contribution in [3.8, 4) is 5.75 Å². The normalized spacial score (nSPS) is 11.0. The van der Waals surface area contributed by atoms with Crippen LogP contribution < -0.4 is 15.6 Å². The first-order valence-corrected chi connectivity index (χ1v) is 11.0. The van der Waals surface area contributed by atoms with Gasteiger partial charge in [0.2, 0.25) is 0 Å². The number of pyridine rings is 1. The van der Waals surface area contributed by atoms with E-state index in [9.17, 15) is 9.59 Å². The standard InChI is InChI=1S/C25H32N4O3/c1-5-28(6-2)14-15-29(25(31)26-21-12-7-8-13-22(21)32-4)17-20-16-19-11-9-10-18(3)23(19)27-24(20)30/h7-13,16H,5-6,14-15,17H2,1-4H3,(H,26,31)(H,27,30). The number of amides is 2. The number of carbonyl (C=O) groups is 1. The summed E-state index contributed by atoms with van der Waals surface area (Å²) in [5, 5.41) is 3.89. The monoisotopic (exact) mass is 436 g/mol. The van der Waals surface area contributed by atoms with Gasteiger partial charge in [-0.1, -0.05) is 44.2 Å². The molecule has 0 radical (unpaired) electrons. The third-order valence-electron chi connectivity index (χ3n) is 5.74. The highest BCUT2D eigenvalue weighted by atomic mass is 16.5. The Morgan fingerprint density at radius 2 is 1.81 bits per heavy atom. The second kappa shape index (κ2) is 10.8. The van der Waals surface area contributed by atoms with Crippen LogP contribution in [-0.2, 0) is 6.54 Å². The van der Waals surface area contributed by atoms with Gasteiger partial charge in [-0.3, -0.25) is 4.79 Å². The van der Waals surface area contributed by atoms with Gasteiger partial charge < -0.3 is 24.8 Å². The number of aromatic nitrogens is 1. The lowest BCUT2D eigenvalue weighted by Crippen LogP contribution is -2.41. The van der Waals surface area contributed by atoms with Gasteiger partial charge in [-0.25, -0.2) is 4.79 Å². The molecule has 3 rings (SSSR count). The van der Waals surface area contributed by atoms with Crippen LogP contribution in [0.25, 0.3) is 10.9 Å². The average Bonchev–Trinajstić information content (AvgIpc) is 2.80. The van der Waals surface area contributed by atoms with Crippen LogP contribution >= 0.6 is 0 Å². The molecule has 0 aliphatic heterocycles. The lowest BCUT2D eigenvalue weighted by molar-refractivity contribution is 0.194. The number of fused-ring (bicyclic) bond motifs is 1. The molecule has 7 heteroatoms. The molecule has 1 aromatic heterocycles. The Kier molecular flexibility index (Phi) is 7.89. The minimum Gasteiger partial charge on any atom is -0.495 e. The first-order valence-electron chi connectivity index (χ1n) is 11.0. The molecule has 0 atom stereocenters. The second-order valence-corrected chi connectivity index (χ2v) is 7.74. The summed E-state index contributed by atoms with van der Waals surface area (Å²) in [6.45, 7) is 9.38. The maximum atomic E-state index is 13.2. The summed E-state index contributed by atoms with van der Waals surface area (Å²) >= 11 is 0. The van der Waals surface area contributed by atoms with Gasteiger partial charge in [0.15, 0.2) is 0 Å². The number of aryl methyl sites for hydroxylation is 1. The minimum absolute atomic E-state index is 0.176. The molecular weight excluding hydrogens is 404 g/mol. The van der Waals surface area contributed by atoms with Crippen LogP contribution in [0.1, 0.15) is 25.0 Å². The number of nitrogens with one attached hydrogen (secondary N) is 2. The van der Waals surface area contributed by atoms with E-state index in [1.165, 1.54) is 0 Å². The van der Waals surface area contributed by atoms with Gasteiger partial charge in [0, 0.05) is 18.7 Å². The number of H-pyrrole nitrogens is 1. The van der Waals surface area contributed by atoms with Crippen LogP contribution in [0.15, 0.2) is 53.3 Å². The summed E-state index contributed by atoms with van der Waals surface area (Å²) in [7, 11) is 1.57. The Balaban J connectivity index is 1.88. The smallest absolute Gasteiger partial charge is 0.322 e. The van der Waals surface area contributed by atoms with Crippen molar-refractivity contribution in [1.82, 2.24) is 14.8 Å². The third-order valence-corrected chi connectivity index (χ3v) is 5.74. The highest BCUT2D eigenvalue weighted by Gasteiger charge is 2.18. The van der Waals surface area contributed by atoms with Gasteiger partial charge in [0.1, 0.15) is 5.75 Å². The van der Waals surface area contributed by atoms with E-state index in [4.69, 9.17) is 4.74 Å². The highest BCUT2D eigenvalue weighted by molar-refractivity contribution is 5.91. The molecule has 2 aromatic carbocycles. The van der Waals surface area contributed by atoms with Crippen molar-refractivity contribution >= 4 is 22.6 Å². The highest BCUT2D eigenvalue weighted by Crippen LogP contribution is 2.23. The second-order valence-electron chi connectivity index (χ2n) is 7.74. The summed E-state index contributed by atoms with van der Waals surface area (Å²) in [4.78, 5) is 32.9. The molecule has 0 bridgehead atoms. The summed E-state index contributed by atoms with van der Waals surface area (Å²) in [6.07, 6.45) is 0. The van der Waals surface area contributed by atoms with Crippen LogP contribution in [0, 0.1) is 6.92 Å². The van der Waals surface area contributed by atoms with Crippen molar-refractivity contribution in [2.75, 3.05) is 38.6 Å². The number of rotatable bonds is 9. The van der Waals surface area contributed by atoms with Crippen molar-refractivity contribution in [3.05, 3.63) is 70.0 Å². The Morgan fingerprint density at radius 3 is 2.53 bits per heavy atom. The predicted octanol–water partition coefficient (Wildman–Crippen LogP) is 4.22. The van der Waals surface area contributed by atoms with Crippen LogP contribution in [0.2, 0.25) is 0 Å². The van der Waals surface area contributed by atoms with Crippen molar-refractivity contribution in [3.63, 3.8) is 0 Å². The predicted molar refractivity (Wildman–Crippen MR) is 130 cm³/mol. The molecule has 0 unspecified atom stereocenters. The lowest BCUT2D eigenvalue weighted by atomic mass is 10.1. The van der Waals surface area contributed by atoms with Crippen LogP contribution in [0.4, 0.5) is 10.5 Å². The Hall–Kier alpha value is -3.32. The van der Waals surface area contributed by atoms with Crippen molar-refractivity contribution in [2.24, 2.45) is 0 Å². The summed E-state index contributed by atoms with van der Waals surface area (Å²) in [6, 6.07) is 14.8. The number of aromatic amines is 1. The lowest BCUT2D eigenvalue weighted by Gasteiger charge is -2.27. The fourth-order valence-corrected chi connectivity index (χ4v) is 3.75. The largest absolute Gasteiger partial charge is 0.495 e. The fraction of sp³-hybridized carbons (Fsp3) is 0.360. The zero-order chi connectivity index (χ0) is 23.1. The molecule has 2 N–H and O–H groups in total. The third kappa shape index (κ3) is 5.48. The Bertz CT molecular complexity index is 1120. The summed E-state index contributed by atoms with van der Waals surface area (Å²) in [5.74, 6) is 0.587. The van der Waals surface area contributed by atoms with Crippen LogP contribution in [0.3, 0.4) is 0 Å². The van der Waals surface area contributed by atoms with E-state index in [-0.39, 0.29) is 18.1 Å². The van der Waals surface area contributed by atoms with E-state index < -0.39 is 0 Å². The van der Waals surface area contributed by atoms with E-state index in [1.807, 2.05) is 43.3 Å². The number of methoxy groups -OCH3 is 1. The van der Waals surface area contributed by atoms with Crippen molar-refractivity contribution in [2.45, 2.75) is 27.3 Å². The van der Waals surface area contributed by atoms with E-state index >= 15 is 0 Å². The number of urea groups is 1. The maximum Gasteiger partial charge on any atom is 0.322 e. The molecule has 1 heterocycles. The van der Waals surface area contributed by atoms with Crippen LogP contribution in [0.5, 0.6) is 5.75 Å². The molecular formula is C25H32N4O3. The van der Waals surface area contributed by atoms with Crippen molar-refractivity contribution < 1.29 is 9.53 Å². The zero-order valence-corrected chi connectivity index (χ0v) is 19.3. The molecule has 0 saturated heterocycles. The number of hydrogen-bond donors (Lipinski definition) is 2. The zero-order valence-electron chi connectivity index (χ0n) is 19.3. The average molecular weight is 437 g/mol. The van der Waals surface area contributed by atoms with Crippen LogP contribution in [-0.4, -0.2) is 54.1 Å². The summed E-state index contributed by atoms with van der Waals surface area (Å²) < 4.78 is 5.36. The quantitative estimate of drug-likeness (QED) is 0.526. The van der Waals surface area contributed by atoms with E-state index in [0.29, 0.717) is 23.5 Å². The first-order chi connectivity index (χ1) is 15.5. The summed E-state index contributed by atoms with van der Waals surface area (Å²) in [5.41, 5.74) is 2.81. The molecule has 3 aromatic rings. The molecule has 7 nitrogen and oxygen atoms in total. The number of nitrogens with zero attached hydrogens (tertiary/aromatic N) is 2. The number of hydrogen-bond acceptors (Lipinski definition) is 4. The number of carbonyl (C=O) groups excluding carboxylic acids is 1. The molecule has 2 amide bonds. The van der Waals surface area contributed by atoms with Crippen molar-refractivity contribution in [1.29, 1.82) is 0 Å². The van der Waals surface area contributed by atoms with E-state index in [0.717, 1.165) is 36.1 Å².